The highest BCUT2D eigenvalue weighted by atomic mass is 35.5. The van der Waals surface area contributed by atoms with E-state index in [4.69, 9.17) is 23.2 Å². The third-order valence-electron chi connectivity index (χ3n) is 3.25. The molecule has 2 bridgehead atoms. The zero-order valence-electron chi connectivity index (χ0n) is 6.56. The molecule has 0 heterocycles. The second-order valence-corrected chi connectivity index (χ2v) is 4.93. The molecule has 0 amide bonds. The van der Waals surface area contributed by atoms with Gasteiger partial charge in [-0.05, 0) is 31.1 Å². The molecular weight excluding hydrogens is 179 g/mol. The van der Waals surface area contributed by atoms with Crippen molar-refractivity contribution in [2.24, 2.45) is 17.8 Å². The SMILES string of the molecule is CC1(Cl)C2C=CC(C2)C1CCl. The number of fused-ring (bicyclic) bond motifs is 2. The van der Waals surface area contributed by atoms with Gasteiger partial charge in [-0.25, -0.2) is 0 Å². The highest BCUT2D eigenvalue weighted by Crippen LogP contribution is 2.54. The largest absolute Gasteiger partial charge is 0.126 e. The third-order valence-corrected chi connectivity index (χ3v) is 4.14. The second-order valence-electron chi connectivity index (χ2n) is 3.80. The van der Waals surface area contributed by atoms with Crippen LogP contribution in [0.25, 0.3) is 0 Å². The number of halogens is 2. The summed E-state index contributed by atoms with van der Waals surface area (Å²) in [7, 11) is 0. The van der Waals surface area contributed by atoms with Crippen LogP contribution in [0.15, 0.2) is 12.2 Å². The standard InChI is InChI=1S/C9H12Cl2/c1-9(11)7-3-2-6(4-7)8(9)5-10/h2-3,6-8H,4-5H2,1H3. The van der Waals surface area contributed by atoms with Gasteiger partial charge in [0.1, 0.15) is 0 Å². The quantitative estimate of drug-likeness (QED) is 0.441. The summed E-state index contributed by atoms with van der Waals surface area (Å²) in [6.07, 6.45) is 5.75. The van der Waals surface area contributed by atoms with Gasteiger partial charge in [0.2, 0.25) is 0 Å². The summed E-state index contributed by atoms with van der Waals surface area (Å²) < 4.78 is 0. The molecule has 0 aliphatic heterocycles. The van der Waals surface area contributed by atoms with Crippen molar-refractivity contribution in [3.63, 3.8) is 0 Å². The lowest BCUT2D eigenvalue weighted by atomic mass is 9.85. The van der Waals surface area contributed by atoms with Gasteiger partial charge < -0.3 is 0 Å². The summed E-state index contributed by atoms with van der Waals surface area (Å²) in [4.78, 5) is -0.0683. The topological polar surface area (TPSA) is 0 Å². The molecular formula is C9H12Cl2. The molecule has 11 heavy (non-hydrogen) atoms. The zero-order chi connectivity index (χ0) is 8.06. The fraction of sp³-hybridized carbons (Fsp3) is 0.778. The molecule has 62 valence electrons. The van der Waals surface area contributed by atoms with E-state index in [1.165, 1.54) is 6.42 Å². The van der Waals surface area contributed by atoms with E-state index in [1.807, 2.05) is 0 Å². The van der Waals surface area contributed by atoms with Crippen LogP contribution >= 0.6 is 23.2 Å². The first-order valence-electron chi connectivity index (χ1n) is 4.09. The van der Waals surface area contributed by atoms with Crippen LogP contribution in [0.3, 0.4) is 0 Å². The van der Waals surface area contributed by atoms with Gasteiger partial charge in [-0.2, -0.15) is 0 Å². The predicted octanol–water partition coefficient (Wildman–Crippen LogP) is 3.04. The minimum Gasteiger partial charge on any atom is -0.126 e. The molecule has 1 fully saturated rings. The number of allylic oxidation sites excluding steroid dienone is 2. The maximum Gasteiger partial charge on any atom is 0.0526 e. The number of hydrogen-bond donors (Lipinski definition) is 0. The van der Waals surface area contributed by atoms with Crippen LogP contribution in [0, 0.1) is 17.8 Å². The van der Waals surface area contributed by atoms with E-state index in [1.54, 1.807) is 0 Å². The first-order valence-corrected chi connectivity index (χ1v) is 5.00. The van der Waals surface area contributed by atoms with Crippen LogP contribution in [0.5, 0.6) is 0 Å². The van der Waals surface area contributed by atoms with Crippen LogP contribution in [0.1, 0.15) is 13.3 Å². The number of alkyl halides is 2. The fourth-order valence-corrected chi connectivity index (χ4v) is 3.43. The smallest absolute Gasteiger partial charge is 0.0526 e. The maximum absolute atomic E-state index is 6.39. The first-order chi connectivity index (χ1) is 5.16. The Morgan fingerprint density at radius 2 is 2.27 bits per heavy atom. The Morgan fingerprint density at radius 3 is 2.64 bits per heavy atom. The van der Waals surface area contributed by atoms with E-state index in [2.05, 4.69) is 19.1 Å². The van der Waals surface area contributed by atoms with Gasteiger partial charge in [-0.1, -0.05) is 12.2 Å². The zero-order valence-corrected chi connectivity index (χ0v) is 8.07. The number of hydrogen-bond acceptors (Lipinski definition) is 0. The molecule has 0 aromatic heterocycles. The molecule has 4 unspecified atom stereocenters. The number of rotatable bonds is 1. The van der Waals surface area contributed by atoms with E-state index in [9.17, 15) is 0 Å². The van der Waals surface area contributed by atoms with Gasteiger partial charge in [0.15, 0.2) is 0 Å². The molecule has 0 N–H and O–H groups in total. The Balaban J connectivity index is 2.29. The lowest BCUT2D eigenvalue weighted by molar-refractivity contribution is 0.402. The summed E-state index contributed by atoms with van der Waals surface area (Å²) in [5.41, 5.74) is 0. The summed E-state index contributed by atoms with van der Waals surface area (Å²) in [5, 5.41) is 0. The molecule has 0 aromatic carbocycles. The van der Waals surface area contributed by atoms with Crippen molar-refractivity contribution in [3.8, 4) is 0 Å². The molecule has 4 atom stereocenters. The second kappa shape index (κ2) is 2.40. The predicted molar refractivity (Wildman–Crippen MR) is 49.2 cm³/mol. The van der Waals surface area contributed by atoms with E-state index in [0.29, 0.717) is 23.6 Å². The molecule has 1 saturated carbocycles. The van der Waals surface area contributed by atoms with Gasteiger partial charge in [0.25, 0.3) is 0 Å². The highest BCUT2D eigenvalue weighted by Gasteiger charge is 2.51. The van der Waals surface area contributed by atoms with Crippen LogP contribution < -0.4 is 0 Å². The Bertz CT molecular complexity index is 196. The van der Waals surface area contributed by atoms with Crippen molar-refractivity contribution in [1.82, 2.24) is 0 Å². The van der Waals surface area contributed by atoms with Crippen LogP contribution in [0.4, 0.5) is 0 Å². The van der Waals surface area contributed by atoms with Crippen molar-refractivity contribution in [2.45, 2.75) is 18.2 Å². The van der Waals surface area contributed by atoms with E-state index in [-0.39, 0.29) is 4.87 Å². The van der Waals surface area contributed by atoms with Gasteiger partial charge in [0.05, 0.1) is 4.87 Å². The van der Waals surface area contributed by atoms with E-state index < -0.39 is 0 Å². The lowest BCUT2D eigenvalue weighted by Crippen LogP contribution is -2.33. The van der Waals surface area contributed by atoms with Crippen molar-refractivity contribution in [1.29, 1.82) is 0 Å². The van der Waals surface area contributed by atoms with Gasteiger partial charge in [0, 0.05) is 5.88 Å². The van der Waals surface area contributed by atoms with Gasteiger partial charge in [-0.15, -0.1) is 23.2 Å². The molecule has 0 spiro atoms. The van der Waals surface area contributed by atoms with Gasteiger partial charge >= 0.3 is 0 Å². The molecule has 2 rings (SSSR count). The van der Waals surface area contributed by atoms with Crippen molar-refractivity contribution in [2.75, 3.05) is 5.88 Å². The van der Waals surface area contributed by atoms with E-state index in [0.717, 1.165) is 0 Å². The summed E-state index contributed by atoms with van der Waals surface area (Å²) in [6, 6.07) is 0. The Hall–Kier alpha value is 0.320. The molecule has 0 nitrogen and oxygen atoms in total. The lowest BCUT2D eigenvalue weighted by Gasteiger charge is -2.31. The molecule has 2 heteroatoms. The minimum absolute atomic E-state index is 0.0683. The summed E-state index contributed by atoms with van der Waals surface area (Å²) in [6.45, 7) is 2.12. The molecule has 0 saturated heterocycles. The minimum atomic E-state index is -0.0683. The van der Waals surface area contributed by atoms with Crippen molar-refractivity contribution in [3.05, 3.63) is 12.2 Å². The Morgan fingerprint density at radius 1 is 1.55 bits per heavy atom. The summed E-state index contributed by atoms with van der Waals surface area (Å²) in [5.74, 6) is 2.41. The van der Waals surface area contributed by atoms with Crippen LogP contribution in [-0.2, 0) is 0 Å². The Labute approximate surface area is 77.6 Å². The monoisotopic (exact) mass is 190 g/mol. The average Bonchev–Trinajstić information content (AvgIpc) is 2.44. The molecule has 0 radical (unpaired) electrons. The molecule has 0 aromatic rings. The average molecular weight is 191 g/mol. The normalized spacial score (nSPS) is 53.9. The van der Waals surface area contributed by atoms with Crippen molar-refractivity contribution >= 4 is 23.2 Å². The van der Waals surface area contributed by atoms with Crippen LogP contribution in [0.2, 0.25) is 0 Å². The fourth-order valence-electron chi connectivity index (χ4n) is 2.40. The van der Waals surface area contributed by atoms with Gasteiger partial charge in [-0.3, -0.25) is 0 Å². The Kier molecular flexibility index (Phi) is 1.73. The first kappa shape index (κ1) is 7.94. The van der Waals surface area contributed by atoms with Crippen LogP contribution in [-0.4, -0.2) is 10.8 Å². The van der Waals surface area contributed by atoms with E-state index >= 15 is 0 Å². The highest BCUT2D eigenvalue weighted by molar-refractivity contribution is 6.26. The maximum atomic E-state index is 6.39. The van der Waals surface area contributed by atoms with Crippen molar-refractivity contribution < 1.29 is 0 Å². The third kappa shape index (κ3) is 0.957. The summed E-state index contributed by atoms with van der Waals surface area (Å²) >= 11 is 12.3. The molecule has 2 aliphatic carbocycles. The molecule has 2 aliphatic rings.